The van der Waals surface area contributed by atoms with E-state index in [0.29, 0.717) is 0 Å². The van der Waals surface area contributed by atoms with Gasteiger partial charge in [-0.2, -0.15) is 0 Å². The largest absolute Gasteiger partial charge is 0.387 e. The third kappa shape index (κ3) is 3.20. The Bertz CT molecular complexity index is 529. The van der Waals surface area contributed by atoms with E-state index in [4.69, 9.17) is 0 Å². The van der Waals surface area contributed by atoms with Gasteiger partial charge in [0.15, 0.2) is 0 Å². The molecule has 2 aromatic rings. The molecule has 17 heavy (non-hydrogen) atoms. The fourth-order valence-electron chi connectivity index (χ4n) is 1.39. The normalized spacial score (nSPS) is 10.1. The van der Waals surface area contributed by atoms with Crippen LogP contribution < -0.4 is 10.6 Å². The average molecular weight is 357 g/mol. The maximum Gasteiger partial charge on any atom is 0.0591 e. The van der Waals surface area contributed by atoms with Crippen molar-refractivity contribution in [3.63, 3.8) is 0 Å². The Balaban J connectivity index is 2.27. The van der Waals surface area contributed by atoms with Crippen molar-refractivity contribution in [3.05, 3.63) is 45.6 Å². The molecule has 2 N–H and O–H groups in total. The first kappa shape index (κ1) is 12.4. The zero-order chi connectivity index (χ0) is 12.3. The Labute approximate surface area is 117 Å². The van der Waals surface area contributed by atoms with Crippen molar-refractivity contribution in [2.24, 2.45) is 0 Å². The Morgan fingerprint density at radius 2 is 1.82 bits per heavy atom. The van der Waals surface area contributed by atoms with Crippen molar-refractivity contribution in [2.75, 3.05) is 17.7 Å². The first-order valence-electron chi connectivity index (χ1n) is 5.04. The number of rotatable bonds is 3. The quantitative estimate of drug-likeness (QED) is 0.856. The Morgan fingerprint density at radius 3 is 2.59 bits per heavy atom. The van der Waals surface area contributed by atoms with Crippen LogP contribution in [0.25, 0.3) is 0 Å². The number of halogens is 2. The molecule has 1 aromatic heterocycles. The SMILES string of the molecule is CNc1cncc(Nc2cc(Br)ccc2Br)c1. The van der Waals surface area contributed by atoms with Gasteiger partial charge in [0.2, 0.25) is 0 Å². The fourth-order valence-corrected chi connectivity index (χ4v) is 2.10. The minimum absolute atomic E-state index is 0.940. The standard InChI is InChI=1S/C12H11Br2N3/c1-15-9-5-10(7-16-6-9)17-12-4-8(13)2-3-11(12)14/h2-7,15,17H,1H3. The molecule has 0 aliphatic carbocycles. The number of benzene rings is 1. The smallest absolute Gasteiger partial charge is 0.0591 e. The topological polar surface area (TPSA) is 37.0 Å². The van der Waals surface area contributed by atoms with E-state index in [1.165, 1.54) is 0 Å². The Morgan fingerprint density at radius 1 is 1.06 bits per heavy atom. The van der Waals surface area contributed by atoms with Gasteiger partial charge >= 0.3 is 0 Å². The molecule has 1 aromatic carbocycles. The summed E-state index contributed by atoms with van der Waals surface area (Å²) in [6.45, 7) is 0. The van der Waals surface area contributed by atoms with E-state index in [-0.39, 0.29) is 0 Å². The number of nitrogens with one attached hydrogen (secondary N) is 2. The summed E-state index contributed by atoms with van der Waals surface area (Å²) >= 11 is 6.95. The molecule has 88 valence electrons. The summed E-state index contributed by atoms with van der Waals surface area (Å²) in [6.07, 6.45) is 3.56. The molecule has 5 heteroatoms. The molecular weight excluding hydrogens is 346 g/mol. The van der Waals surface area contributed by atoms with E-state index in [1.807, 2.05) is 31.3 Å². The number of anilines is 3. The van der Waals surface area contributed by atoms with Gasteiger partial charge in [-0.1, -0.05) is 15.9 Å². The lowest BCUT2D eigenvalue weighted by Crippen LogP contribution is -1.95. The Kier molecular flexibility index (Phi) is 4.02. The lowest BCUT2D eigenvalue weighted by Gasteiger charge is -2.10. The number of hydrogen-bond acceptors (Lipinski definition) is 3. The van der Waals surface area contributed by atoms with Crippen LogP contribution in [-0.2, 0) is 0 Å². The van der Waals surface area contributed by atoms with Gasteiger partial charge in [0.1, 0.15) is 0 Å². The first-order chi connectivity index (χ1) is 8.19. The highest BCUT2D eigenvalue weighted by molar-refractivity contribution is 9.11. The van der Waals surface area contributed by atoms with E-state index in [2.05, 4.69) is 47.5 Å². The number of nitrogens with zero attached hydrogens (tertiary/aromatic N) is 1. The molecule has 0 fully saturated rings. The van der Waals surface area contributed by atoms with E-state index in [0.717, 1.165) is 26.0 Å². The molecule has 0 saturated carbocycles. The van der Waals surface area contributed by atoms with Crippen molar-refractivity contribution in [1.82, 2.24) is 4.98 Å². The van der Waals surface area contributed by atoms with Gasteiger partial charge in [-0.15, -0.1) is 0 Å². The van der Waals surface area contributed by atoms with E-state index < -0.39 is 0 Å². The van der Waals surface area contributed by atoms with E-state index in [1.54, 1.807) is 12.4 Å². The molecule has 0 saturated heterocycles. The second-order valence-electron chi connectivity index (χ2n) is 3.46. The molecule has 0 aliphatic heterocycles. The highest BCUT2D eigenvalue weighted by Gasteiger charge is 2.02. The highest BCUT2D eigenvalue weighted by Crippen LogP contribution is 2.29. The van der Waals surface area contributed by atoms with Gasteiger partial charge in [0.05, 0.1) is 29.5 Å². The third-order valence-electron chi connectivity index (χ3n) is 2.23. The van der Waals surface area contributed by atoms with Crippen molar-refractivity contribution < 1.29 is 0 Å². The second-order valence-corrected chi connectivity index (χ2v) is 5.23. The summed E-state index contributed by atoms with van der Waals surface area (Å²) in [5.74, 6) is 0. The van der Waals surface area contributed by atoms with Gasteiger partial charge in [-0.3, -0.25) is 4.98 Å². The van der Waals surface area contributed by atoms with E-state index >= 15 is 0 Å². The lowest BCUT2D eigenvalue weighted by molar-refractivity contribution is 1.30. The van der Waals surface area contributed by atoms with Gasteiger partial charge in [0.25, 0.3) is 0 Å². The minimum atomic E-state index is 0.940. The molecule has 2 rings (SSSR count). The molecule has 0 atom stereocenters. The van der Waals surface area contributed by atoms with Crippen molar-refractivity contribution in [1.29, 1.82) is 0 Å². The van der Waals surface area contributed by atoms with Crippen LogP contribution in [0.4, 0.5) is 17.1 Å². The summed E-state index contributed by atoms with van der Waals surface area (Å²) in [5, 5.41) is 6.36. The summed E-state index contributed by atoms with van der Waals surface area (Å²) in [5.41, 5.74) is 2.91. The van der Waals surface area contributed by atoms with Crippen LogP contribution >= 0.6 is 31.9 Å². The molecular formula is C12H11Br2N3. The first-order valence-corrected chi connectivity index (χ1v) is 6.62. The predicted octanol–water partition coefficient (Wildman–Crippen LogP) is 4.39. The number of aromatic nitrogens is 1. The molecule has 0 radical (unpaired) electrons. The monoisotopic (exact) mass is 355 g/mol. The average Bonchev–Trinajstić information content (AvgIpc) is 2.34. The van der Waals surface area contributed by atoms with Crippen LogP contribution in [0.1, 0.15) is 0 Å². The highest BCUT2D eigenvalue weighted by atomic mass is 79.9. The Hall–Kier alpha value is -1.07. The lowest BCUT2D eigenvalue weighted by atomic mass is 10.3. The van der Waals surface area contributed by atoms with Crippen molar-refractivity contribution >= 4 is 48.9 Å². The molecule has 0 amide bonds. The molecule has 1 heterocycles. The van der Waals surface area contributed by atoms with Gasteiger partial charge in [-0.05, 0) is 40.2 Å². The minimum Gasteiger partial charge on any atom is -0.387 e. The van der Waals surface area contributed by atoms with Crippen molar-refractivity contribution in [2.45, 2.75) is 0 Å². The van der Waals surface area contributed by atoms with Crippen LogP contribution in [0.5, 0.6) is 0 Å². The van der Waals surface area contributed by atoms with Gasteiger partial charge < -0.3 is 10.6 Å². The van der Waals surface area contributed by atoms with Crippen LogP contribution in [0, 0.1) is 0 Å². The summed E-state index contributed by atoms with van der Waals surface area (Å²) < 4.78 is 2.04. The zero-order valence-corrected chi connectivity index (χ0v) is 12.3. The van der Waals surface area contributed by atoms with Crippen LogP contribution in [0.2, 0.25) is 0 Å². The maximum absolute atomic E-state index is 4.15. The molecule has 0 aliphatic rings. The van der Waals surface area contributed by atoms with Gasteiger partial charge in [0, 0.05) is 16.0 Å². The summed E-state index contributed by atoms with van der Waals surface area (Å²) in [7, 11) is 1.87. The maximum atomic E-state index is 4.15. The molecule has 0 spiro atoms. The molecule has 0 bridgehead atoms. The fraction of sp³-hybridized carbons (Fsp3) is 0.0833. The second kappa shape index (κ2) is 5.51. The van der Waals surface area contributed by atoms with E-state index in [9.17, 15) is 0 Å². The molecule has 3 nitrogen and oxygen atoms in total. The predicted molar refractivity (Wildman–Crippen MR) is 78.9 cm³/mol. The van der Waals surface area contributed by atoms with Crippen LogP contribution in [-0.4, -0.2) is 12.0 Å². The van der Waals surface area contributed by atoms with Crippen LogP contribution in [0.3, 0.4) is 0 Å². The summed E-state index contributed by atoms with van der Waals surface area (Å²) in [4.78, 5) is 4.15. The third-order valence-corrected chi connectivity index (χ3v) is 3.42. The molecule has 0 unspecified atom stereocenters. The van der Waals surface area contributed by atoms with Gasteiger partial charge in [-0.25, -0.2) is 0 Å². The van der Waals surface area contributed by atoms with Crippen LogP contribution in [0.15, 0.2) is 45.6 Å². The number of hydrogen-bond donors (Lipinski definition) is 2. The van der Waals surface area contributed by atoms with Crippen molar-refractivity contribution in [3.8, 4) is 0 Å². The zero-order valence-electron chi connectivity index (χ0n) is 9.17. The summed E-state index contributed by atoms with van der Waals surface area (Å²) in [6, 6.07) is 7.98. The number of pyridine rings is 1.